The lowest BCUT2D eigenvalue weighted by Gasteiger charge is -2.18. The van der Waals surface area contributed by atoms with E-state index in [4.69, 9.17) is 9.47 Å². The van der Waals surface area contributed by atoms with Crippen LogP contribution in [0.1, 0.15) is 46.6 Å². The van der Waals surface area contributed by atoms with Gasteiger partial charge in [-0.25, -0.2) is 0 Å². The number of benzene rings is 1. The normalized spacial score (nSPS) is 11.8. The molecule has 0 fully saturated rings. The number of nitrogens with one attached hydrogen (secondary N) is 1. The summed E-state index contributed by atoms with van der Waals surface area (Å²) in [5.41, 5.74) is 0.453. The molecule has 0 bridgehead atoms. The van der Waals surface area contributed by atoms with Crippen LogP contribution in [-0.4, -0.2) is 30.0 Å². The lowest BCUT2D eigenvalue weighted by atomic mass is 10.1. The number of rotatable bonds is 9. The third kappa shape index (κ3) is 7.34. The Balaban J connectivity index is 2.69. The van der Waals surface area contributed by atoms with E-state index < -0.39 is 5.60 Å². The fourth-order valence-corrected chi connectivity index (χ4v) is 1.78. The fraction of sp³-hybridized carbons (Fsp3) is 0.647. The predicted molar refractivity (Wildman–Crippen MR) is 86.0 cm³/mol. The van der Waals surface area contributed by atoms with E-state index in [9.17, 15) is 5.11 Å². The molecular formula is C17H29NO3. The molecular weight excluding hydrogens is 266 g/mol. The molecule has 1 rings (SSSR count). The van der Waals surface area contributed by atoms with E-state index in [0.717, 1.165) is 18.0 Å². The lowest BCUT2D eigenvalue weighted by Crippen LogP contribution is -2.22. The van der Waals surface area contributed by atoms with E-state index in [1.807, 2.05) is 25.1 Å². The highest BCUT2D eigenvalue weighted by molar-refractivity contribution is 5.43. The molecule has 0 saturated carbocycles. The molecule has 0 aliphatic heterocycles. The summed E-state index contributed by atoms with van der Waals surface area (Å²) in [7, 11) is 0. The van der Waals surface area contributed by atoms with E-state index in [-0.39, 0.29) is 0 Å². The number of ether oxygens (including phenoxy) is 2. The van der Waals surface area contributed by atoms with Gasteiger partial charge in [0.1, 0.15) is 0 Å². The molecule has 0 aliphatic rings. The maximum Gasteiger partial charge on any atom is 0.161 e. The van der Waals surface area contributed by atoms with Gasteiger partial charge < -0.3 is 19.9 Å². The minimum atomic E-state index is -0.715. The van der Waals surface area contributed by atoms with Crippen molar-refractivity contribution in [2.75, 3.05) is 13.2 Å². The topological polar surface area (TPSA) is 50.7 Å². The van der Waals surface area contributed by atoms with Gasteiger partial charge in [0.25, 0.3) is 0 Å². The summed E-state index contributed by atoms with van der Waals surface area (Å²) in [4.78, 5) is 0. The first-order chi connectivity index (χ1) is 9.81. The van der Waals surface area contributed by atoms with Gasteiger partial charge in [0.15, 0.2) is 11.5 Å². The summed E-state index contributed by atoms with van der Waals surface area (Å²) in [6.07, 6.45) is 0.579. The van der Waals surface area contributed by atoms with E-state index in [1.54, 1.807) is 13.8 Å². The van der Waals surface area contributed by atoms with E-state index in [1.165, 1.54) is 5.56 Å². The zero-order chi connectivity index (χ0) is 15.9. The fourth-order valence-electron chi connectivity index (χ4n) is 1.78. The molecule has 1 aromatic rings. The second kappa shape index (κ2) is 8.25. The van der Waals surface area contributed by atoms with Crippen LogP contribution in [0, 0.1) is 0 Å². The molecule has 0 atom stereocenters. The van der Waals surface area contributed by atoms with E-state index in [2.05, 4.69) is 19.2 Å². The summed E-state index contributed by atoms with van der Waals surface area (Å²) >= 11 is 0. The number of aliphatic hydroxyl groups is 1. The monoisotopic (exact) mass is 295 g/mol. The molecule has 2 N–H and O–H groups in total. The van der Waals surface area contributed by atoms with Gasteiger partial charge in [-0.05, 0) is 38.5 Å². The highest BCUT2D eigenvalue weighted by Gasteiger charge is 2.13. The standard InChI is InChI=1S/C17H29NO3/c1-6-20-16-11-14(12-18-13(2)3)7-8-15(16)21-10-9-17(4,5)19/h7-8,11,13,18-19H,6,9-10,12H2,1-5H3. The second-order valence-corrected chi connectivity index (χ2v) is 6.16. The average Bonchev–Trinajstić information content (AvgIpc) is 2.37. The van der Waals surface area contributed by atoms with Gasteiger partial charge in [0.05, 0.1) is 18.8 Å². The van der Waals surface area contributed by atoms with Gasteiger partial charge in [-0.15, -0.1) is 0 Å². The summed E-state index contributed by atoms with van der Waals surface area (Å²) < 4.78 is 11.4. The summed E-state index contributed by atoms with van der Waals surface area (Å²) in [6.45, 7) is 11.6. The second-order valence-electron chi connectivity index (χ2n) is 6.16. The van der Waals surface area contributed by atoms with Gasteiger partial charge >= 0.3 is 0 Å². The van der Waals surface area contributed by atoms with Crippen molar-refractivity contribution in [2.45, 2.75) is 59.2 Å². The van der Waals surface area contributed by atoms with Gasteiger partial charge in [0.2, 0.25) is 0 Å². The van der Waals surface area contributed by atoms with Gasteiger partial charge in [-0.1, -0.05) is 19.9 Å². The Morgan fingerprint density at radius 3 is 2.48 bits per heavy atom. The number of hydrogen-bond donors (Lipinski definition) is 2. The zero-order valence-corrected chi connectivity index (χ0v) is 13.9. The summed E-state index contributed by atoms with van der Waals surface area (Å²) in [5.74, 6) is 1.49. The van der Waals surface area contributed by atoms with Crippen LogP contribution in [0.5, 0.6) is 11.5 Å². The quantitative estimate of drug-likeness (QED) is 0.735. The molecule has 0 aliphatic carbocycles. The van der Waals surface area contributed by atoms with Crippen molar-refractivity contribution in [3.05, 3.63) is 23.8 Å². The summed E-state index contributed by atoms with van der Waals surface area (Å²) in [6, 6.07) is 6.44. The summed E-state index contributed by atoms with van der Waals surface area (Å²) in [5, 5.41) is 13.1. The molecule has 4 heteroatoms. The molecule has 0 amide bonds. The average molecular weight is 295 g/mol. The molecule has 120 valence electrons. The number of hydrogen-bond acceptors (Lipinski definition) is 4. The molecule has 0 aromatic heterocycles. The lowest BCUT2D eigenvalue weighted by molar-refractivity contribution is 0.0548. The van der Waals surface area contributed by atoms with Gasteiger partial charge in [-0.2, -0.15) is 0 Å². The Hall–Kier alpha value is -1.26. The molecule has 0 saturated heterocycles. The third-order valence-corrected chi connectivity index (χ3v) is 2.99. The molecule has 0 unspecified atom stereocenters. The largest absolute Gasteiger partial charge is 0.490 e. The van der Waals surface area contributed by atoms with Crippen LogP contribution in [0.25, 0.3) is 0 Å². The third-order valence-electron chi connectivity index (χ3n) is 2.99. The van der Waals surface area contributed by atoms with E-state index >= 15 is 0 Å². The Morgan fingerprint density at radius 2 is 1.90 bits per heavy atom. The SMILES string of the molecule is CCOc1cc(CNC(C)C)ccc1OCCC(C)(C)O. The van der Waals surface area contributed by atoms with Crippen LogP contribution in [-0.2, 0) is 6.54 Å². The van der Waals surface area contributed by atoms with Crippen molar-refractivity contribution >= 4 is 0 Å². The van der Waals surface area contributed by atoms with Crippen LogP contribution in [0.15, 0.2) is 18.2 Å². The van der Waals surface area contributed by atoms with Crippen LogP contribution >= 0.6 is 0 Å². The Labute approximate surface area is 128 Å². The van der Waals surface area contributed by atoms with Crippen molar-refractivity contribution in [1.82, 2.24) is 5.32 Å². The van der Waals surface area contributed by atoms with Crippen LogP contribution in [0.2, 0.25) is 0 Å². The Bertz CT molecular complexity index is 425. The highest BCUT2D eigenvalue weighted by Crippen LogP contribution is 2.29. The molecule has 4 nitrogen and oxygen atoms in total. The molecule has 0 heterocycles. The maximum absolute atomic E-state index is 9.71. The first kappa shape index (κ1) is 17.8. The van der Waals surface area contributed by atoms with Crippen LogP contribution < -0.4 is 14.8 Å². The van der Waals surface area contributed by atoms with Crippen molar-refractivity contribution in [3.8, 4) is 11.5 Å². The minimum Gasteiger partial charge on any atom is -0.490 e. The van der Waals surface area contributed by atoms with Crippen molar-refractivity contribution in [1.29, 1.82) is 0 Å². The molecule has 1 aromatic carbocycles. The molecule has 0 radical (unpaired) electrons. The predicted octanol–water partition coefficient (Wildman–Crippen LogP) is 3.12. The van der Waals surface area contributed by atoms with Gasteiger partial charge in [-0.3, -0.25) is 0 Å². The minimum absolute atomic E-state index is 0.447. The Morgan fingerprint density at radius 1 is 1.19 bits per heavy atom. The van der Waals surface area contributed by atoms with Gasteiger partial charge in [0, 0.05) is 19.0 Å². The maximum atomic E-state index is 9.71. The van der Waals surface area contributed by atoms with Crippen molar-refractivity contribution in [2.24, 2.45) is 0 Å². The molecule has 0 spiro atoms. The first-order valence-corrected chi connectivity index (χ1v) is 7.66. The highest BCUT2D eigenvalue weighted by atomic mass is 16.5. The van der Waals surface area contributed by atoms with E-state index in [0.29, 0.717) is 25.7 Å². The van der Waals surface area contributed by atoms with Crippen LogP contribution in [0.4, 0.5) is 0 Å². The Kier molecular flexibility index (Phi) is 6.99. The smallest absolute Gasteiger partial charge is 0.161 e. The van der Waals surface area contributed by atoms with Crippen molar-refractivity contribution < 1.29 is 14.6 Å². The van der Waals surface area contributed by atoms with Crippen LogP contribution in [0.3, 0.4) is 0 Å². The zero-order valence-electron chi connectivity index (χ0n) is 13.9. The molecule has 21 heavy (non-hydrogen) atoms. The van der Waals surface area contributed by atoms with Crippen molar-refractivity contribution in [3.63, 3.8) is 0 Å². The first-order valence-electron chi connectivity index (χ1n) is 7.66.